The van der Waals surface area contributed by atoms with Gasteiger partial charge in [0.25, 0.3) is 0 Å². The average molecular weight is 160 g/mol. The fraction of sp³-hybridized carbons (Fsp3) is 0. The van der Waals surface area contributed by atoms with Gasteiger partial charge in [-0.15, -0.1) is 0 Å². The van der Waals surface area contributed by atoms with Gasteiger partial charge in [0.1, 0.15) is 0 Å². The maximum atomic E-state index is 10.0. The summed E-state index contributed by atoms with van der Waals surface area (Å²) < 4.78 is 0. The molecule has 0 aliphatic rings. The monoisotopic (exact) mass is 160 g/mol. The minimum atomic E-state index is -0.720. The molecular weight excluding hydrogens is 159 g/mol. The van der Waals surface area contributed by atoms with Crippen molar-refractivity contribution in [1.29, 1.82) is 5.26 Å². The van der Waals surface area contributed by atoms with E-state index in [4.69, 9.17) is 5.26 Å². The fourth-order valence-corrected chi connectivity index (χ4v) is 0.456. The second kappa shape index (κ2) is 4.08. The van der Waals surface area contributed by atoms with Crippen molar-refractivity contribution in [3.05, 3.63) is 21.9 Å². The van der Waals surface area contributed by atoms with Crippen LogP contribution in [0.2, 0.25) is 0 Å². The van der Waals surface area contributed by atoms with Crippen LogP contribution in [0.4, 0.5) is 5.82 Å². The van der Waals surface area contributed by atoms with Gasteiger partial charge in [0.05, 0.1) is 0 Å². The van der Waals surface area contributed by atoms with E-state index in [1.165, 1.54) is 0 Å². The van der Waals surface area contributed by atoms with Crippen LogP contribution >= 0.6 is 0 Å². The van der Waals surface area contributed by atoms with Gasteiger partial charge in [-0.3, -0.25) is 5.26 Å². The summed E-state index contributed by atoms with van der Waals surface area (Å²) in [7, 11) is 0. The zero-order chi connectivity index (χ0) is 7.56. The van der Waals surface area contributed by atoms with Crippen LogP contribution in [0.25, 0.3) is 0 Å². The van der Waals surface area contributed by atoms with Gasteiger partial charge in [-0.25, -0.2) is 5.10 Å². The summed E-state index contributed by atoms with van der Waals surface area (Å²) in [6, 6.07) is 1.57. The first-order valence-corrected chi connectivity index (χ1v) is 2.26. The molecule has 11 heavy (non-hydrogen) atoms. The van der Waals surface area contributed by atoms with Crippen LogP contribution in [-0.2, 0) is 0 Å². The van der Waals surface area contributed by atoms with Gasteiger partial charge >= 0.3 is 29.6 Å². The molecule has 1 N–H and O–H groups in total. The quantitative estimate of drug-likeness (QED) is 0.205. The Hall–Kier alpha value is -0.900. The van der Waals surface area contributed by atoms with Gasteiger partial charge in [-0.1, -0.05) is 11.0 Å². The van der Waals surface area contributed by atoms with Crippen molar-refractivity contribution in [3.63, 3.8) is 0 Å². The first-order valence-electron chi connectivity index (χ1n) is 2.26. The first kappa shape index (κ1) is 10.1. The predicted octanol–water partition coefficient (Wildman–Crippen LogP) is -3.01. The average Bonchev–Trinajstić information content (AvgIpc) is 2.33. The Kier molecular flexibility index (Phi) is 3.74. The van der Waals surface area contributed by atoms with E-state index < -0.39 is 10.7 Å². The molecule has 1 aromatic rings. The molecule has 50 valence electrons. The van der Waals surface area contributed by atoms with Crippen molar-refractivity contribution in [2.75, 3.05) is 0 Å². The maximum absolute atomic E-state index is 10.0. The number of nitro groups is 1. The van der Waals surface area contributed by atoms with Gasteiger partial charge in [-0.05, 0) is 11.8 Å². The van der Waals surface area contributed by atoms with E-state index >= 15 is 0 Å². The van der Waals surface area contributed by atoms with Crippen LogP contribution in [0.15, 0.2) is 0 Å². The normalized spacial score (nSPS) is 7.91. The summed E-state index contributed by atoms with van der Waals surface area (Å²) in [5, 5.41) is 23.4. The number of aromatic amines is 1. The molecule has 0 aromatic carbocycles. The van der Waals surface area contributed by atoms with E-state index in [9.17, 15) is 10.1 Å². The van der Waals surface area contributed by atoms with Crippen LogP contribution in [0, 0.1) is 27.6 Å². The third-order valence-corrected chi connectivity index (χ3v) is 0.861. The molecule has 0 amide bonds. The molecule has 0 bridgehead atoms. The number of aromatic nitrogens is 2. The second-order valence-corrected chi connectivity index (χ2v) is 1.43. The Balaban J connectivity index is 0.000001000. The molecular formula is C4HN4NaO2. The molecule has 1 aromatic heterocycles. The summed E-state index contributed by atoms with van der Waals surface area (Å²) >= 11 is 0. The zero-order valence-corrected chi connectivity index (χ0v) is 7.66. The Labute approximate surface area is 83.7 Å². The standard InChI is InChI=1S/C4HN4O2.Na/c5-1-3-2-6-7-4(3)8(9)10;/h(H,6,7);/q-1;+1. The van der Waals surface area contributed by atoms with Crippen LogP contribution in [0.3, 0.4) is 0 Å². The Morgan fingerprint density at radius 3 is 2.82 bits per heavy atom. The van der Waals surface area contributed by atoms with E-state index in [-0.39, 0.29) is 35.1 Å². The molecule has 1 heterocycles. The minimum absolute atomic E-state index is 0. The summed E-state index contributed by atoms with van der Waals surface area (Å²) in [5.41, 5.74) is -0.176. The molecule has 0 aliphatic heterocycles. The van der Waals surface area contributed by atoms with Crippen LogP contribution < -0.4 is 29.6 Å². The van der Waals surface area contributed by atoms with Crippen LogP contribution in [0.1, 0.15) is 5.56 Å². The SMILES string of the molecule is N#Cc1[c-]n[nH]c1[N+](=O)[O-].[Na+]. The Bertz CT molecular complexity index is 301. The van der Waals surface area contributed by atoms with Crippen molar-refractivity contribution in [1.82, 2.24) is 10.2 Å². The van der Waals surface area contributed by atoms with Crippen molar-refractivity contribution in [2.45, 2.75) is 0 Å². The third kappa shape index (κ3) is 2.01. The van der Waals surface area contributed by atoms with Gasteiger partial charge in [0, 0.05) is 0 Å². The van der Waals surface area contributed by atoms with Gasteiger partial charge < -0.3 is 10.1 Å². The number of nitriles is 1. The molecule has 0 atom stereocenters. The van der Waals surface area contributed by atoms with Crippen molar-refractivity contribution in [3.8, 4) is 6.07 Å². The molecule has 0 saturated carbocycles. The molecule has 0 spiro atoms. The summed E-state index contributed by atoms with van der Waals surface area (Å²) in [6.45, 7) is 0. The van der Waals surface area contributed by atoms with Gasteiger partial charge in [0.15, 0.2) is 0 Å². The van der Waals surface area contributed by atoms with E-state index in [0.717, 1.165) is 0 Å². The summed E-state index contributed by atoms with van der Waals surface area (Å²) in [5.74, 6) is -0.414. The second-order valence-electron chi connectivity index (χ2n) is 1.43. The number of nitrogens with one attached hydrogen (secondary N) is 1. The van der Waals surface area contributed by atoms with Crippen LogP contribution in [-0.4, -0.2) is 15.1 Å². The fourth-order valence-electron chi connectivity index (χ4n) is 0.456. The zero-order valence-electron chi connectivity index (χ0n) is 5.66. The molecule has 1 rings (SSSR count). The van der Waals surface area contributed by atoms with Crippen molar-refractivity contribution < 1.29 is 34.5 Å². The number of hydrogen-bond acceptors (Lipinski definition) is 4. The van der Waals surface area contributed by atoms with Crippen LogP contribution in [0.5, 0.6) is 0 Å². The van der Waals surface area contributed by atoms with Gasteiger partial charge in [0.2, 0.25) is 5.82 Å². The van der Waals surface area contributed by atoms with E-state index in [1.54, 1.807) is 6.07 Å². The summed E-state index contributed by atoms with van der Waals surface area (Å²) in [4.78, 5) is 9.28. The predicted molar refractivity (Wildman–Crippen MR) is 28.8 cm³/mol. The number of nitrogens with zero attached hydrogens (tertiary/aromatic N) is 3. The third-order valence-electron chi connectivity index (χ3n) is 0.861. The minimum Gasteiger partial charge on any atom is -0.370 e. The summed E-state index contributed by atoms with van der Waals surface area (Å²) in [6.07, 6.45) is 2.13. The maximum Gasteiger partial charge on any atom is 1.00 e. The van der Waals surface area contributed by atoms with E-state index in [0.29, 0.717) is 0 Å². The largest absolute Gasteiger partial charge is 1.00 e. The molecule has 0 fully saturated rings. The van der Waals surface area contributed by atoms with Gasteiger partial charge in [-0.2, -0.15) is 5.10 Å². The molecule has 6 nitrogen and oxygen atoms in total. The molecule has 0 saturated heterocycles. The number of rotatable bonds is 1. The molecule has 0 aliphatic carbocycles. The number of hydrogen-bond donors (Lipinski definition) is 1. The van der Waals surface area contributed by atoms with E-state index in [1.807, 2.05) is 5.10 Å². The molecule has 0 unspecified atom stereocenters. The molecule has 7 heteroatoms. The van der Waals surface area contributed by atoms with E-state index in [2.05, 4.69) is 11.3 Å². The molecule has 0 radical (unpaired) electrons. The van der Waals surface area contributed by atoms with Crippen molar-refractivity contribution >= 4 is 5.82 Å². The smallest absolute Gasteiger partial charge is 0.370 e. The Morgan fingerprint density at radius 1 is 1.82 bits per heavy atom. The number of H-pyrrole nitrogens is 1. The van der Waals surface area contributed by atoms with Crippen molar-refractivity contribution in [2.24, 2.45) is 0 Å². The Morgan fingerprint density at radius 2 is 2.45 bits per heavy atom. The topological polar surface area (TPSA) is 95.6 Å². The first-order chi connectivity index (χ1) is 4.75.